The quantitative estimate of drug-likeness (QED) is 0.537. The van der Waals surface area contributed by atoms with Crippen molar-refractivity contribution in [2.75, 3.05) is 23.4 Å². The van der Waals surface area contributed by atoms with E-state index in [1.807, 2.05) is 32.0 Å². The average molecular weight is 466 g/mol. The molecule has 2 amide bonds. The second kappa shape index (κ2) is 9.83. The maximum atomic E-state index is 12.4. The third-order valence-electron chi connectivity index (χ3n) is 5.05. The molecular formula is C24H23N3O5S. The van der Waals surface area contributed by atoms with E-state index in [1.165, 1.54) is 16.2 Å². The van der Waals surface area contributed by atoms with Crippen LogP contribution < -0.4 is 15.0 Å². The lowest BCUT2D eigenvalue weighted by Gasteiger charge is -2.28. The Bertz CT molecular complexity index is 1210. The van der Waals surface area contributed by atoms with E-state index in [0.717, 1.165) is 16.8 Å². The molecule has 0 bridgehead atoms. The Morgan fingerprint density at radius 1 is 1.21 bits per heavy atom. The Morgan fingerprint density at radius 3 is 2.88 bits per heavy atom. The molecule has 2 aromatic carbocycles. The van der Waals surface area contributed by atoms with Crippen LogP contribution in [0.15, 0.2) is 47.8 Å². The average Bonchev–Trinajstić information content (AvgIpc) is 3.24. The Kier molecular flexibility index (Phi) is 6.69. The standard InChI is InChI=1S/C24H23N3O5S/c1-15-7-8-16(2)18(9-15)26-21(28)10-22-25-17(14-33-22)12-32-24(30)11-27-19-5-3-4-6-20(19)31-13-23(27)29/h3-9,14H,10-13H2,1-2H3,(H,26,28). The highest BCUT2D eigenvalue weighted by atomic mass is 32.1. The maximum Gasteiger partial charge on any atom is 0.326 e. The second-order valence-electron chi connectivity index (χ2n) is 7.67. The Hall–Kier alpha value is -3.72. The molecule has 3 aromatic rings. The number of esters is 1. The molecule has 1 aliphatic rings. The van der Waals surface area contributed by atoms with Crippen LogP contribution in [0.5, 0.6) is 5.75 Å². The highest BCUT2D eigenvalue weighted by Crippen LogP contribution is 2.31. The Morgan fingerprint density at radius 2 is 2.03 bits per heavy atom. The van der Waals surface area contributed by atoms with E-state index >= 15 is 0 Å². The summed E-state index contributed by atoms with van der Waals surface area (Å²) in [5.74, 6) is -0.474. The number of carbonyl (C=O) groups is 3. The van der Waals surface area contributed by atoms with E-state index in [2.05, 4.69) is 10.3 Å². The van der Waals surface area contributed by atoms with Crippen molar-refractivity contribution < 1.29 is 23.9 Å². The summed E-state index contributed by atoms with van der Waals surface area (Å²) in [7, 11) is 0. The summed E-state index contributed by atoms with van der Waals surface area (Å²) in [6.45, 7) is 3.54. The fourth-order valence-corrected chi connectivity index (χ4v) is 4.13. The lowest BCUT2D eigenvalue weighted by Crippen LogP contribution is -2.42. The molecule has 9 heteroatoms. The lowest BCUT2D eigenvalue weighted by atomic mass is 10.1. The van der Waals surface area contributed by atoms with E-state index in [4.69, 9.17) is 9.47 Å². The van der Waals surface area contributed by atoms with Crippen molar-refractivity contribution in [1.82, 2.24) is 4.98 Å². The van der Waals surface area contributed by atoms with Gasteiger partial charge in [0.15, 0.2) is 6.61 Å². The van der Waals surface area contributed by atoms with Gasteiger partial charge in [0, 0.05) is 11.1 Å². The molecule has 0 saturated carbocycles. The van der Waals surface area contributed by atoms with E-state index in [1.54, 1.807) is 29.6 Å². The van der Waals surface area contributed by atoms with Crippen LogP contribution in [0.4, 0.5) is 11.4 Å². The number of rotatable bonds is 7. The normalized spacial score (nSPS) is 12.7. The minimum atomic E-state index is -0.553. The molecule has 0 fully saturated rings. The number of fused-ring (bicyclic) bond motifs is 1. The Balaban J connectivity index is 1.29. The van der Waals surface area contributed by atoms with Crippen molar-refractivity contribution in [3.8, 4) is 5.75 Å². The number of hydrogen-bond donors (Lipinski definition) is 1. The number of amides is 2. The van der Waals surface area contributed by atoms with Gasteiger partial charge in [0.05, 0.1) is 17.8 Å². The Labute approximate surface area is 195 Å². The van der Waals surface area contributed by atoms with Crippen LogP contribution in [0.2, 0.25) is 0 Å². The van der Waals surface area contributed by atoms with Crippen molar-refractivity contribution in [3.63, 3.8) is 0 Å². The molecule has 0 spiro atoms. The van der Waals surface area contributed by atoms with E-state index in [0.29, 0.717) is 22.1 Å². The SMILES string of the molecule is Cc1ccc(C)c(NC(=O)Cc2nc(COC(=O)CN3C(=O)COc4ccccc43)cs2)c1. The predicted molar refractivity (Wildman–Crippen MR) is 124 cm³/mol. The number of thiazole rings is 1. The van der Waals surface area contributed by atoms with Crippen molar-refractivity contribution in [2.24, 2.45) is 0 Å². The summed E-state index contributed by atoms with van der Waals surface area (Å²) in [4.78, 5) is 42.7. The van der Waals surface area contributed by atoms with Crippen molar-refractivity contribution in [2.45, 2.75) is 26.9 Å². The summed E-state index contributed by atoms with van der Waals surface area (Å²) in [5, 5.41) is 5.29. The molecular weight excluding hydrogens is 442 g/mol. The molecule has 170 valence electrons. The summed E-state index contributed by atoms with van der Waals surface area (Å²) >= 11 is 1.33. The number of benzene rings is 2. The summed E-state index contributed by atoms with van der Waals surface area (Å²) in [6, 6.07) is 12.9. The van der Waals surface area contributed by atoms with Gasteiger partial charge < -0.3 is 14.8 Å². The largest absolute Gasteiger partial charge is 0.482 e. The fourth-order valence-electron chi connectivity index (χ4n) is 3.36. The van der Waals surface area contributed by atoms with Crippen LogP contribution in [-0.4, -0.2) is 35.9 Å². The van der Waals surface area contributed by atoms with Crippen LogP contribution in [-0.2, 0) is 32.1 Å². The highest BCUT2D eigenvalue weighted by Gasteiger charge is 2.27. The molecule has 4 rings (SSSR count). The van der Waals surface area contributed by atoms with Gasteiger partial charge in [0.25, 0.3) is 5.91 Å². The molecule has 0 aliphatic carbocycles. The van der Waals surface area contributed by atoms with Gasteiger partial charge in [-0.15, -0.1) is 11.3 Å². The van der Waals surface area contributed by atoms with E-state index < -0.39 is 5.97 Å². The lowest BCUT2D eigenvalue weighted by molar-refractivity contribution is -0.144. The zero-order valence-electron chi connectivity index (χ0n) is 18.3. The molecule has 33 heavy (non-hydrogen) atoms. The molecule has 0 unspecified atom stereocenters. The van der Waals surface area contributed by atoms with Gasteiger partial charge in [0.1, 0.15) is 23.9 Å². The fraction of sp³-hybridized carbons (Fsp3) is 0.250. The van der Waals surface area contributed by atoms with E-state index in [-0.39, 0.29) is 38.0 Å². The van der Waals surface area contributed by atoms with Gasteiger partial charge in [-0.3, -0.25) is 19.3 Å². The number of carbonyl (C=O) groups excluding carboxylic acids is 3. The highest BCUT2D eigenvalue weighted by molar-refractivity contribution is 7.09. The van der Waals surface area contributed by atoms with Crippen LogP contribution >= 0.6 is 11.3 Å². The molecule has 2 heterocycles. The van der Waals surface area contributed by atoms with Gasteiger partial charge in [-0.2, -0.15) is 0 Å². The molecule has 0 saturated heterocycles. The maximum absolute atomic E-state index is 12.4. The molecule has 1 aliphatic heterocycles. The minimum Gasteiger partial charge on any atom is -0.482 e. The number of ether oxygens (including phenoxy) is 2. The minimum absolute atomic E-state index is 0.0336. The van der Waals surface area contributed by atoms with Crippen molar-refractivity contribution >= 4 is 40.5 Å². The first-order valence-corrected chi connectivity index (χ1v) is 11.2. The molecule has 0 radical (unpaired) electrons. The predicted octanol–water partition coefficient (Wildman–Crippen LogP) is 3.41. The molecule has 1 N–H and O–H groups in total. The topological polar surface area (TPSA) is 97.8 Å². The van der Waals surface area contributed by atoms with Crippen LogP contribution in [0.1, 0.15) is 21.8 Å². The van der Waals surface area contributed by atoms with Gasteiger partial charge >= 0.3 is 5.97 Å². The van der Waals surface area contributed by atoms with Crippen LogP contribution in [0, 0.1) is 13.8 Å². The first-order chi connectivity index (χ1) is 15.9. The third-order valence-corrected chi connectivity index (χ3v) is 5.95. The van der Waals surface area contributed by atoms with Gasteiger partial charge in [-0.05, 0) is 43.2 Å². The zero-order valence-corrected chi connectivity index (χ0v) is 19.1. The number of nitrogens with one attached hydrogen (secondary N) is 1. The number of anilines is 2. The van der Waals surface area contributed by atoms with Crippen LogP contribution in [0.3, 0.4) is 0 Å². The monoisotopic (exact) mass is 465 g/mol. The summed E-state index contributed by atoms with van der Waals surface area (Å²) in [5.41, 5.74) is 3.93. The second-order valence-corrected chi connectivity index (χ2v) is 8.62. The third kappa shape index (κ3) is 5.56. The first-order valence-electron chi connectivity index (χ1n) is 10.4. The summed E-state index contributed by atoms with van der Waals surface area (Å²) < 4.78 is 10.7. The van der Waals surface area contributed by atoms with Gasteiger partial charge in [-0.1, -0.05) is 24.3 Å². The number of para-hydroxylation sites is 2. The smallest absolute Gasteiger partial charge is 0.326 e. The van der Waals surface area contributed by atoms with Crippen LogP contribution in [0.25, 0.3) is 0 Å². The molecule has 1 aromatic heterocycles. The summed E-state index contributed by atoms with van der Waals surface area (Å²) in [6.07, 6.45) is 0.130. The first kappa shape index (κ1) is 22.5. The van der Waals surface area contributed by atoms with Gasteiger partial charge in [-0.25, -0.2) is 4.98 Å². The number of nitrogens with zero attached hydrogens (tertiary/aromatic N) is 2. The number of hydrogen-bond acceptors (Lipinski definition) is 7. The number of aryl methyl sites for hydroxylation is 2. The number of aromatic nitrogens is 1. The molecule has 0 atom stereocenters. The van der Waals surface area contributed by atoms with E-state index in [9.17, 15) is 14.4 Å². The van der Waals surface area contributed by atoms with Crippen molar-refractivity contribution in [1.29, 1.82) is 0 Å². The van der Waals surface area contributed by atoms with Crippen molar-refractivity contribution in [3.05, 3.63) is 69.7 Å². The molecule has 8 nitrogen and oxygen atoms in total. The van der Waals surface area contributed by atoms with Gasteiger partial charge in [0.2, 0.25) is 5.91 Å². The zero-order chi connectivity index (χ0) is 23.4.